The molecule has 8 nitrogen and oxygen atoms in total. The van der Waals surface area contributed by atoms with Crippen molar-refractivity contribution in [2.24, 2.45) is 11.0 Å². The Morgan fingerprint density at radius 1 is 1.18 bits per heavy atom. The number of nitrogens with zero attached hydrogens (tertiary/aromatic N) is 2. The van der Waals surface area contributed by atoms with E-state index in [9.17, 15) is 9.59 Å². The zero-order valence-corrected chi connectivity index (χ0v) is 18.7. The summed E-state index contributed by atoms with van der Waals surface area (Å²) in [6, 6.07) is 12.8. The molecule has 2 aromatic rings. The minimum Gasteiger partial charge on any atom is -0.490 e. The van der Waals surface area contributed by atoms with Crippen LogP contribution < -0.4 is 10.1 Å². The molecule has 2 N–H and O–H groups in total. The molecule has 2 atom stereocenters. The van der Waals surface area contributed by atoms with Crippen molar-refractivity contribution in [2.45, 2.75) is 32.3 Å². The molecule has 0 aliphatic carbocycles. The van der Waals surface area contributed by atoms with Crippen LogP contribution in [0.3, 0.4) is 0 Å². The number of hydrogen-bond acceptors (Lipinski definition) is 6. The number of aliphatic carboxylic acids is 1. The number of morpholine rings is 1. The summed E-state index contributed by atoms with van der Waals surface area (Å²) >= 11 is 0. The first-order valence-electron chi connectivity index (χ1n) is 11.3. The van der Waals surface area contributed by atoms with E-state index < -0.39 is 5.97 Å². The molecule has 0 aromatic heterocycles. The summed E-state index contributed by atoms with van der Waals surface area (Å²) in [6.07, 6.45) is 3.11. The van der Waals surface area contributed by atoms with Crippen molar-refractivity contribution in [3.63, 3.8) is 0 Å². The van der Waals surface area contributed by atoms with Gasteiger partial charge in [0.05, 0.1) is 38.9 Å². The Hall–Kier alpha value is -3.39. The van der Waals surface area contributed by atoms with Crippen molar-refractivity contribution >= 4 is 23.8 Å². The lowest BCUT2D eigenvalue weighted by molar-refractivity contribution is -0.139. The summed E-state index contributed by atoms with van der Waals surface area (Å²) in [6.45, 7) is 4.92. The van der Waals surface area contributed by atoms with E-state index in [2.05, 4.69) is 10.4 Å². The Morgan fingerprint density at radius 2 is 1.94 bits per heavy atom. The lowest BCUT2D eigenvalue weighted by Gasteiger charge is -2.32. The SMILES string of the molecule is CCC1Oc2cc(NC(=O)c3ccc(C=NN4CCOCC4)cc3)ccc2CC1CC(=O)O. The van der Waals surface area contributed by atoms with Gasteiger partial charge in [-0.2, -0.15) is 5.10 Å². The number of carbonyl (C=O) groups is 2. The number of benzene rings is 2. The van der Waals surface area contributed by atoms with E-state index in [0.717, 1.165) is 30.6 Å². The topological polar surface area (TPSA) is 100 Å². The number of carbonyl (C=O) groups excluding carboxylic acids is 1. The lowest BCUT2D eigenvalue weighted by atomic mass is 9.87. The molecule has 1 amide bonds. The molecular formula is C25H29N3O5. The van der Waals surface area contributed by atoms with Crippen molar-refractivity contribution in [1.29, 1.82) is 0 Å². The van der Waals surface area contributed by atoms with Gasteiger partial charge in [-0.25, -0.2) is 0 Å². The van der Waals surface area contributed by atoms with Gasteiger partial charge < -0.3 is 19.9 Å². The molecule has 2 aromatic carbocycles. The quantitative estimate of drug-likeness (QED) is 0.626. The molecule has 33 heavy (non-hydrogen) atoms. The summed E-state index contributed by atoms with van der Waals surface area (Å²) in [7, 11) is 0. The Kier molecular flexibility index (Phi) is 7.24. The summed E-state index contributed by atoms with van der Waals surface area (Å²) in [5.74, 6) is -0.368. The molecule has 0 saturated carbocycles. The molecule has 0 spiro atoms. The van der Waals surface area contributed by atoms with E-state index in [1.807, 2.05) is 42.3 Å². The minimum atomic E-state index is -0.812. The Bertz CT molecular complexity index is 1020. The Labute approximate surface area is 193 Å². The number of hydrogen-bond donors (Lipinski definition) is 2. The number of fused-ring (bicyclic) bond motifs is 1. The molecule has 2 aliphatic rings. The van der Waals surface area contributed by atoms with Gasteiger partial charge in [-0.05, 0) is 42.2 Å². The second kappa shape index (κ2) is 10.5. The number of hydrazone groups is 1. The number of nitrogens with one attached hydrogen (secondary N) is 1. The van der Waals surface area contributed by atoms with Crippen LogP contribution in [-0.4, -0.2) is 60.6 Å². The fourth-order valence-corrected chi connectivity index (χ4v) is 4.17. The maximum atomic E-state index is 12.7. The normalized spacial score (nSPS) is 20.2. The van der Waals surface area contributed by atoms with Gasteiger partial charge in [0.2, 0.25) is 0 Å². The molecule has 1 saturated heterocycles. The van der Waals surface area contributed by atoms with E-state index in [-0.39, 0.29) is 24.3 Å². The van der Waals surface area contributed by atoms with Crippen LogP contribution in [0, 0.1) is 5.92 Å². The van der Waals surface area contributed by atoms with Gasteiger partial charge in [-0.15, -0.1) is 0 Å². The van der Waals surface area contributed by atoms with E-state index in [4.69, 9.17) is 14.6 Å². The lowest BCUT2D eigenvalue weighted by Crippen LogP contribution is -2.34. The zero-order chi connectivity index (χ0) is 23.2. The predicted molar refractivity (Wildman–Crippen MR) is 125 cm³/mol. The molecule has 2 heterocycles. The number of ether oxygens (including phenoxy) is 2. The minimum absolute atomic E-state index is 0.0502. The molecule has 8 heteroatoms. The molecule has 2 aliphatic heterocycles. The summed E-state index contributed by atoms with van der Waals surface area (Å²) in [4.78, 5) is 23.9. The van der Waals surface area contributed by atoms with Crippen LogP contribution in [0.4, 0.5) is 5.69 Å². The Morgan fingerprint density at radius 3 is 2.64 bits per heavy atom. The summed E-state index contributed by atoms with van der Waals surface area (Å²) in [5.41, 5.74) is 3.07. The second-order valence-corrected chi connectivity index (χ2v) is 8.34. The van der Waals surface area contributed by atoms with Gasteiger partial charge in [0, 0.05) is 23.2 Å². The van der Waals surface area contributed by atoms with Crippen molar-refractivity contribution < 1.29 is 24.2 Å². The average molecular weight is 452 g/mol. The number of amides is 1. The molecule has 1 fully saturated rings. The third-order valence-electron chi connectivity index (χ3n) is 5.98. The largest absolute Gasteiger partial charge is 0.490 e. The van der Waals surface area contributed by atoms with Crippen molar-refractivity contribution in [3.05, 3.63) is 59.2 Å². The number of carboxylic acid groups (broad SMARTS) is 1. The third-order valence-corrected chi connectivity index (χ3v) is 5.98. The predicted octanol–water partition coefficient (Wildman–Crippen LogP) is 3.41. The molecule has 0 radical (unpaired) electrons. The first-order valence-corrected chi connectivity index (χ1v) is 11.3. The van der Waals surface area contributed by atoms with Crippen LogP contribution >= 0.6 is 0 Å². The molecule has 0 bridgehead atoms. The van der Waals surface area contributed by atoms with Crippen LogP contribution in [-0.2, 0) is 16.0 Å². The van der Waals surface area contributed by atoms with Crippen molar-refractivity contribution in [2.75, 3.05) is 31.6 Å². The molecular weight excluding hydrogens is 422 g/mol. The number of anilines is 1. The highest BCUT2D eigenvalue weighted by Gasteiger charge is 2.30. The summed E-state index contributed by atoms with van der Waals surface area (Å²) in [5, 5.41) is 18.5. The fraction of sp³-hybridized carbons (Fsp3) is 0.400. The smallest absolute Gasteiger partial charge is 0.303 e. The Balaban J connectivity index is 1.38. The van der Waals surface area contributed by atoms with Gasteiger partial charge in [-0.1, -0.05) is 25.1 Å². The van der Waals surface area contributed by atoms with Gasteiger partial charge in [0.15, 0.2) is 0 Å². The van der Waals surface area contributed by atoms with Crippen LogP contribution in [0.1, 0.15) is 41.3 Å². The van der Waals surface area contributed by atoms with E-state index in [1.54, 1.807) is 18.3 Å². The van der Waals surface area contributed by atoms with E-state index >= 15 is 0 Å². The standard InChI is InChI=1S/C25H29N3O5/c1-2-22-20(14-24(29)30)13-19-7-8-21(15-23(19)33-22)27-25(31)18-5-3-17(4-6-18)16-26-28-9-11-32-12-10-28/h3-8,15-16,20,22H,2,9-14H2,1H3,(H,27,31)(H,29,30). The van der Waals surface area contributed by atoms with Crippen molar-refractivity contribution in [1.82, 2.24) is 5.01 Å². The molecule has 174 valence electrons. The molecule has 2 unspecified atom stereocenters. The highest BCUT2D eigenvalue weighted by molar-refractivity contribution is 6.04. The maximum Gasteiger partial charge on any atom is 0.303 e. The van der Waals surface area contributed by atoms with Crippen LogP contribution in [0.15, 0.2) is 47.6 Å². The van der Waals surface area contributed by atoms with Gasteiger partial charge >= 0.3 is 5.97 Å². The van der Waals surface area contributed by atoms with E-state index in [0.29, 0.717) is 36.6 Å². The maximum absolute atomic E-state index is 12.7. The van der Waals surface area contributed by atoms with Gasteiger partial charge in [0.1, 0.15) is 11.9 Å². The van der Waals surface area contributed by atoms with Gasteiger partial charge in [0.25, 0.3) is 5.91 Å². The van der Waals surface area contributed by atoms with Crippen LogP contribution in [0.5, 0.6) is 5.75 Å². The highest BCUT2D eigenvalue weighted by atomic mass is 16.5. The number of carboxylic acids is 1. The van der Waals surface area contributed by atoms with Gasteiger partial charge in [-0.3, -0.25) is 14.6 Å². The second-order valence-electron chi connectivity index (χ2n) is 8.34. The fourth-order valence-electron chi connectivity index (χ4n) is 4.17. The van der Waals surface area contributed by atoms with Crippen molar-refractivity contribution in [3.8, 4) is 5.75 Å². The first kappa shape index (κ1) is 22.8. The van der Waals surface area contributed by atoms with Crippen LogP contribution in [0.2, 0.25) is 0 Å². The summed E-state index contributed by atoms with van der Waals surface area (Å²) < 4.78 is 11.4. The number of rotatable bonds is 7. The van der Waals surface area contributed by atoms with E-state index in [1.165, 1.54) is 0 Å². The molecule has 4 rings (SSSR count). The highest BCUT2D eigenvalue weighted by Crippen LogP contribution is 2.35. The third kappa shape index (κ3) is 5.90. The van der Waals surface area contributed by atoms with Crippen LogP contribution in [0.25, 0.3) is 0 Å². The average Bonchev–Trinajstić information content (AvgIpc) is 2.83. The first-order chi connectivity index (χ1) is 16.0. The monoisotopic (exact) mass is 451 g/mol. The zero-order valence-electron chi connectivity index (χ0n) is 18.7.